The molecule has 1 aliphatic carbocycles. The van der Waals surface area contributed by atoms with Crippen molar-refractivity contribution in [3.8, 4) is 17.1 Å². The molecule has 15 nitrogen and oxygen atoms in total. The summed E-state index contributed by atoms with van der Waals surface area (Å²) in [6.07, 6.45) is -1.96. The van der Waals surface area contributed by atoms with E-state index in [1.807, 2.05) is 13.8 Å². The van der Waals surface area contributed by atoms with Crippen molar-refractivity contribution in [3.63, 3.8) is 0 Å². The number of aliphatic hydroxyl groups is 3. The number of carbonyl (C=O) groups is 2. The maximum absolute atomic E-state index is 12.5. The summed E-state index contributed by atoms with van der Waals surface area (Å²) in [6, 6.07) is 6.27. The fourth-order valence-corrected chi connectivity index (χ4v) is 3.12. The van der Waals surface area contributed by atoms with Crippen LogP contribution in [0, 0.1) is 5.92 Å². The van der Waals surface area contributed by atoms with Crippen LogP contribution in [-0.2, 0) is 11.3 Å². The van der Waals surface area contributed by atoms with Crippen LogP contribution in [0.5, 0.6) is 5.75 Å². The SMILES string of the molecule is CC.COc1c(Nc2cc(NC(=O)C3CC3)nnc2C(=O)NC(O)(O)O)cccc1-c1noc(CN)n1. The van der Waals surface area contributed by atoms with Crippen molar-refractivity contribution >= 4 is 29.0 Å². The Kier molecular flexibility index (Phi) is 8.67. The molecule has 0 bridgehead atoms. The van der Waals surface area contributed by atoms with Gasteiger partial charge in [0.25, 0.3) is 5.91 Å². The predicted molar refractivity (Wildman–Crippen MR) is 129 cm³/mol. The van der Waals surface area contributed by atoms with Crippen LogP contribution in [0.1, 0.15) is 43.1 Å². The minimum Gasteiger partial charge on any atom is -0.494 e. The van der Waals surface area contributed by atoms with Gasteiger partial charge in [-0.3, -0.25) is 14.9 Å². The second-order valence-electron chi connectivity index (χ2n) is 7.57. The number of nitrogens with one attached hydrogen (secondary N) is 3. The average Bonchev–Trinajstić information content (AvgIpc) is 3.61. The van der Waals surface area contributed by atoms with Gasteiger partial charge in [-0.2, -0.15) is 4.98 Å². The zero-order valence-corrected chi connectivity index (χ0v) is 20.3. The van der Waals surface area contributed by atoms with Crippen LogP contribution in [0.2, 0.25) is 0 Å². The van der Waals surface area contributed by atoms with Crippen LogP contribution in [0.3, 0.4) is 0 Å². The van der Waals surface area contributed by atoms with Crippen LogP contribution in [0.15, 0.2) is 28.8 Å². The number of methoxy groups -OCH3 is 1. The van der Waals surface area contributed by atoms with Gasteiger partial charge in [-0.1, -0.05) is 25.1 Å². The van der Waals surface area contributed by atoms with Gasteiger partial charge < -0.3 is 40.9 Å². The molecule has 2 amide bonds. The number of nitrogens with two attached hydrogens (primary N) is 1. The molecule has 8 N–H and O–H groups in total. The molecular formula is C22H28N8O7. The van der Waals surface area contributed by atoms with Gasteiger partial charge in [0.15, 0.2) is 17.3 Å². The quantitative estimate of drug-likeness (QED) is 0.191. The Labute approximate surface area is 211 Å². The number of carbonyl (C=O) groups excluding carboxylic acids is 2. The number of nitrogens with zero attached hydrogens (tertiary/aromatic N) is 4. The van der Waals surface area contributed by atoms with Crippen molar-refractivity contribution in [1.29, 1.82) is 0 Å². The van der Waals surface area contributed by atoms with Crippen molar-refractivity contribution in [1.82, 2.24) is 25.7 Å². The highest BCUT2D eigenvalue weighted by atomic mass is 16.7. The van der Waals surface area contributed by atoms with Crippen LogP contribution >= 0.6 is 0 Å². The van der Waals surface area contributed by atoms with E-state index < -0.39 is 17.7 Å². The molecule has 2 heterocycles. The molecule has 37 heavy (non-hydrogen) atoms. The lowest BCUT2D eigenvalue weighted by atomic mass is 10.1. The Morgan fingerprint density at radius 3 is 2.51 bits per heavy atom. The summed E-state index contributed by atoms with van der Waals surface area (Å²) in [5.41, 5.74) is 5.87. The Hall–Kier alpha value is -4.18. The highest BCUT2D eigenvalue weighted by Gasteiger charge is 2.31. The predicted octanol–water partition coefficient (Wildman–Crippen LogP) is 0.430. The number of para-hydroxylation sites is 1. The summed E-state index contributed by atoms with van der Waals surface area (Å²) in [5, 5.41) is 46.0. The standard InChI is InChI=1S/C20H22N8O7.C2H6/c1-34-16-10(17-24-14(8-21)35-28-17)3-2-4-11(16)22-12-7-13(23-18(29)9-5-6-9)26-27-15(12)19(30)25-20(31,32)33;1-2/h2-4,7,9,31-33H,5-6,8,21H2,1H3,(H,25,30)(H2,22,23,26,29);1-2H3. The zero-order chi connectivity index (χ0) is 27.2. The molecule has 1 aromatic carbocycles. The fourth-order valence-electron chi connectivity index (χ4n) is 3.12. The summed E-state index contributed by atoms with van der Waals surface area (Å²) >= 11 is 0. The molecule has 0 spiro atoms. The molecule has 1 fully saturated rings. The first kappa shape index (κ1) is 27.4. The number of aromatic nitrogens is 4. The van der Waals surface area contributed by atoms with Crippen molar-refractivity contribution < 1.29 is 34.2 Å². The molecule has 0 saturated heterocycles. The third kappa shape index (κ3) is 6.95. The van der Waals surface area contributed by atoms with Gasteiger partial charge in [0, 0.05) is 12.0 Å². The van der Waals surface area contributed by atoms with Gasteiger partial charge in [0.2, 0.25) is 17.6 Å². The van der Waals surface area contributed by atoms with Crippen molar-refractivity contribution in [2.45, 2.75) is 39.3 Å². The summed E-state index contributed by atoms with van der Waals surface area (Å²) in [5.74, 6) is -0.785. The number of anilines is 3. The van der Waals surface area contributed by atoms with Crippen molar-refractivity contribution in [2.75, 3.05) is 17.7 Å². The smallest absolute Gasteiger partial charge is 0.369 e. The van der Waals surface area contributed by atoms with E-state index in [0.29, 0.717) is 11.3 Å². The lowest BCUT2D eigenvalue weighted by Gasteiger charge is -2.18. The Morgan fingerprint density at radius 1 is 1.19 bits per heavy atom. The molecule has 3 aromatic rings. The van der Waals surface area contributed by atoms with Gasteiger partial charge in [-0.15, -0.1) is 10.2 Å². The first-order valence-electron chi connectivity index (χ1n) is 11.3. The Morgan fingerprint density at radius 2 is 1.92 bits per heavy atom. The van der Waals surface area contributed by atoms with E-state index in [1.165, 1.54) is 13.2 Å². The lowest BCUT2D eigenvalue weighted by Crippen LogP contribution is -2.48. The lowest BCUT2D eigenvalue weighted by molar-refractivity contribution is -0.323. The monoisotopic (exact) mass is 516 g/mol. The number of rotatable bonds is 9. The van der Waals surface area contributed by atoms with Crippen LogP contribution in [0.4, 0.5) is 17.2 Å². The second kappa shape index (κ2) is 11.7. The van der Waals surface area contributed by atoms with E-state index in [9.17, 15) is 9.59 Å². The number of ether oxygens (including phenoxy) is 1. The second-order valence-corrected chi connectivity index (χ2v) is 7.57. The minimum atomic E-state index is -3.49. The fraction of sp³-hybridized carbons (Fsp3) is 0.364. The molecule has 0 unspecified atom stereocenters. The van der Waals surface area contributed by atoms with Gasteiger partial charge in [-0.25, -0.2) is 0 Å². The maximum atomic E-state index is 12.5. The first-order valence-corrected chi connectivity index (χ1v) is 11.3. The third-order valence-electron chi connectivity index (χ3n) is 4.86. The largest absolute Gasteiger partial charge is 0.494 e. The van der Waals surface area contributed by atoms with E-state index in [4.69, 9.17) is 30.3 Å². The molecule has 4 rings (SSSR count). The van der Waals surface area contributed by atoms with Gasteiger partial charge in [-0.05, 0) is 25.0 Å². The minimum absolute atomic E-state index is 0.000874. The Bertz CT molecular complexity index is 1250. The average molecular weight is 517 g/mol. The molecule has 2 aromatic heterocycles. The third-order valence-corrected chi connectivity index (χ3v) is 4.86. The van der Waals surface area contributed by atoms with Crippen LogP contribution in [0.25, 0.3) is 11.4 Å². The molecule has 1 aliphatic rings. The molecule has 1 saturated carbocycles. The first-order chi connectivity index (χ1) is 17.7. The molecular weight excluding hydrogens is 488 g/mol. The number of hydrogen-bond acceptors (Lipinski definition) is 13. The van der Waals surface area contributed by atoms with E-state index in [2.05, 4.69) is 31.0 Å². The summed E-state index contributed by atoms with van der Waals surface area (Å²) in [4.78, 5) is 28.8. The number of amides is 2. The highest BCUT2D eigenvalue weighted by molar-refractivity contribution is 6.00. The van der Waals surface area contributed by atoms with Crippen molar-refractivity contribution in [3.05, 3.63) is 35.9 Å². The van der Waals surface area contributed by atoms with Gasteiger partial charge in [0.1, 0.15) is 0 Å². The summed E-state index contributed by atoms with van der Waals surface area (Å²) < 4.78 is 10.6. The molecule has 0 radical (unpaired) electrons. The topological polar surface area (TPSA) is 231 Å². The molecule has 15 heteroatoms. The van der Waals surface area contributed by atoms with Gasteiger partial charge >= 0.3 is 6.10 Å². The molecule has 198 valence electrons. The maximum Gasteiger partial charge on any atom is 0.369 e. The highest BCUT2D eigenvalue weighted by Crippen LogP contribution is 2.37. The number of benzene rings is 1. The zero-order valence-electron chi connectivity index (χ0n) is 20.3. The summed E-state index contributed by atoms with van der Waals surface area (Å²) in [7, 11) is 1.41. The Balaban J connectivity index is 0.00000186. The normalized spacial score (nSPS) is 12.7. The molecule has 0 atom stereocenters. The van der Waals surface area contributed by atoms with E-state index >= 15 is 0 Å². The van der Waals surface area contributed by atoms with Crippen LogP contribution in [-0.4, -0.2) is 60.7 Å². The van der Waals surface area contributed by atoms with Gasteiger partial charge in [0.05, 0.1) is 30.6 Å². The van der Waals surface area contributed by atoms with Crippen LogP contribution < -0.4 is 26.4 Å². The molecule has 0 aliphatic heterocycles. The number of hydrogen-bond donors (Lipinski definition) is 7. The summed E-state index contributed by atoms with van der Waals surface area (Å²) in [6.45, 7) is 4.05. The van der Waals surface area contributed by atoms with E-state index in [0.717, 1.165) is 12.8 Å². The van der Waals surface area contributed by atoms with E-state index in [-0.39, 0.29) is 47.3 Å². The van der Waals surface area contributed by atoms with Crippen molar-refractivity contribution in [2.24, 2.45) is 11.7 Å². The van der Waals surface area contributed by atoms with E-state index in [1.54, 1.807) is 23.5 Å².